The first-order valence-electron chi connectivity index (χ1n) is 3.14. The number of azide groups is 1. The highest BCUT2D eigenvalue weighted by molar-refractivity contribution is 5.75. The van der Waals surface area contributed by atoms with Crippen LogP contribution in [0.2, 0.25) is 0 Å². The van der Waals surface area contributed by atoms with Crippen molar-refractivity contribution in [2.45, 2.75) is 26.2 Å². The standard InChI is InChI=1S/C5H10N4O/c1-2-3-4-5(10)7-9-8-6/h2-4H2,1H3,(H,7,10). The summed E-state index contributed by atoms with van der Waals surface area (Å²) >= 11 is 0. The maximum Gasteiger partial charge on any atom is 0.310 e. The van der Waals surface area contributed by atoms with Crippen LogP contribution in [0.4, 0.5) is 0 Å². The first kappa shape index (κ1) is 8.78. The number of nitrogens with one attached hydrogen (secondary N) is 1. The van der Waals surface area contributed by atoms with Gasteiger partial charge in [-0.25, -0.2) is 4.79 Å². The average Bonchev–Trinajstić information content (AvgIpc) is 1.97. The van der Waals surface area contributed by atoms with Gasteiger partial charge in [0.15, 0.2) is 0 Å². The predicted molar refractivity (Wildman–Crippen MR) is 36.8 cm³/mol. The van der Waals surface area contributed by atoms with Crippen molar-refractivity contribution in [3.8, 4) is 0 Å². The van der Waals surface area contributed by atoms with Gasteiger partial charge in [-0.1, -0.05) is 13.3 Å². The van der Waals surface area contributed by atoms with Crippen LogP contribution in [-0.2, 0) is 4.79 Å². The topological polar surface area (TPSA) is 77.9 Å². The highest BCUT2D eigenvalue weighted by Crippen LogP contribution is 1.92. The third-order valence-corrected chi connectivity index (χ3v) is 0.977. The van der Waals surface area contributed by atoms with Crippen LogP contribution < -0.4 is 5.43 Å². The van der Waals surface area contributed by atoms with E-state index in [4.69, 9.17) is 5.53 Å². The van der Waals surface area contributed by atoms with Gasteiger partial charge in [-0.05, 0) is 11.6 Å². The second-order valence-corrected chi connectivity index (χ2v) is 1.83. The van der Waals surface area contributed by atoms with Crippen molar-refractivity contribution in [3.05, 3.63) is 10.4 Å². The fourth-order valence-corrected chi connectivity index (χ4v) is 0.471. The lowest BCUT2D eigenvalue weighted by atomic mass is 10.2. The largest absolute Gasteiger partial charge is 0.310 e. The molecular formula is C5H10N4O. The van der Waals surface area contributed by atoms with E-state index in [9.17, 15) is 4.79 Å². The molecule has 0 aliphatic heterocycles. The Balaban J connectivity index is 3.34. The van der Waals surface area contributed by atoms with Crippen molar-refractivity contribution in [2.75, 3.05) is 0 Å². The van der Waals surface area contributed by atoms with E-state index in [1.807, 2.05) is 12.3 Å². The molecule has 0 radical (unpaired) electrons. The Hall–Kier alpha value is -1.22. The second kappa shape index (κ2) is 5.91. The van der Waals surface area contributed by atoms with Crippen LogP contribution in [0.25, 0.3) is 10.4 Å². The van der Waals surface area contributed by atoms with Gasteiger partial charge in [0.1, 0.15) is 0 Å². The van der Waals surface area contributed by atoms with Crippen molar-refractivity contribution < 1.29 is 4.79 Å². The maximum atomic E-state index is 10.6. The summed E-state index contributed by atoms with van der Waals surface area (Å²) in [5, 5.41) is 2.91. The van der Waals surface area contributed by atoms with Crippen molar-refractivity contribution in [1.82, 2.24) is 5.43 Å². The molecule has 10 heavy (non-hydrogen) atoms. The zero-order chi connectivity index (χ0) is 7.82. The fraction of sp³-hybridized carbons (Fsp3) is 0.800. The number of unbranched alkanes of at least 4 members (excludes halogenated alkanes) is 1. The summed E-state index contributed by atoms with van der Waals surface area (Å²) in [6, 6.07) is 0. The van der Waals surface area contributed by atoms with Gasteiger partial charge >= 0.3 is 5.91 Å². The summed E-state index contributed by atoms with van der Waals surface area (Å²) < 4.78 is 0. The van der Waals surface area contributed by atoms with Crippen LogP contribution in [0.1, 0.15) is 26.2 Å². The Morgan fingerprint density at radius 2 is 2.50 bits per heavy atom. The molecule has 0 aromatic carbocycles. The molecule has 0 fully saturated rings. The predicted octanol–water partition coefficient (Wildman–Crippen LogP) is 1.52. The molecule has 0 atom stereocenters. The molecule has 0 bridgehead atoms. The SMILES string of the molecule is CCCCC(=O)NN=[N+]=[N-]. The lowest BCUT2D eigenvalue weighted by Gasteiger charge is -1.90. The number of hydrogen-bond donors (Lipinski definition) is 1. The Morgan fingerprint density at radius 1 is 1.80 bits per heavy atom. The molecule has 0 rings (SSSR count). The van der Waals surface area contributed by atoms with Gasteiger partial charge in [0.2, 0.25) is 0 Å². The monoisotopic (exact) mass is 142 g/mol. The van der Waals surface area contributed by atoms with E-state index in [1.54, 1.807) is 0 Å². The van der Waals surface area contributed by atoms with Crippen LogP contribution in [-0.4, -0.2) is 5.91 Å². The molecule has 0 spiro atoms. The minimum absolute atomic E-state index is 0.223. The third-order valence-electron chi connectivity index (χ3n) is 0.977. The van der Waals surface area contributed by atoms with Crippen molar-refractivity contribution in [3.63, 3.8) is 0 Å². The van der Waals surface area contributed by atoms with E-state index in [1.165, 1.54) is 0 Å². The van der Waals surface area contributed by atoms with Crippen LogP contribution in [0.15, 0.2) is 5.22 Å². The lowest BCUT2D eigenvalue weighted by Crippen LogP contribution is -2.15. The van der Waals surface area contributed by atoms with E-state index in [0.717, 1.165) is 12.8 Å². The number of hydrogen-bond acceptors (Lipinski definition) is 2. The van der Waals surface area contributed by atoms with Gasteiger partial charge in [0.05, 0.1) is 0 Å². The van der Waals surface area contributed by atoms with Crippen molar-refractivity contribution >= 4 is 5.91 Å². The minimum Gasteiger partial charge on any atom is -0.247 e. The first-order chi connectivity index (χ1) is 4.81. The molecule has 5 heteroatoms. The Morgan fingerprint density at radius 3 is 3.00 bits per heavy atom. The highest BCUT2D eigenvalue weighted by Gasteiger charge is 1.99. The molecule has 0 saturated carbocycles. The molecule has 0 aliphatic rings. The Kier molecular flexibility index (Phi) is 5.19. The number of nitrogens with zero attached hydrogens (tertiary/aromatic N) is 3. The molecule has 0 unspecified atom stereocenters. The fourth-order valence-electron chi connectivity index (χ4n) is 0.471. The van der Waals surface area contributed by atoms with Crippen molar-refractivity contribution in [2.24, 2.45) is 5.22 Å². The highest BCUT2D eigenvalue weighted by atomic mass is 16.2. The van der Waals surface area contributed by atoms with Gasteiger partial charge < -0.3 is 0 Å². The summed E-state index contributed by atoms with van der Waals surface area (Å²) in [6.45, 7) is 1.99. The molecule has 0 heterocycles. The molecule has 0 saturated heterocycles. The van der Waals surface area contributed by atoms with E-state index < -0.39 is 0 Å². The van der Waals surface area contributed by atoms with Crippen LogP contribution in [0.5, 0.6) is 0 Å². The van der Waals surface area contributed by atoms with Crippen LogP contribution in [0, 0.1) is 0 Å². The van der Waals surface area contributed by atoms with E-state index in [0.29, 0.717) is 6.42 Å². The van der Waals surface area contributed by atoms with Crippen LogP contribution in [0.3, 0.4) is 0 Å². The second-order valence-electron chi connectivity index (χ2n) is 1.83. The maximum absolute atomic E-state index is 10.6. The number of rotatable bonds is 4. The van der Waals surface area contributed by atoms with Gasteiger partial charge in [-0.3, -0.25) is 0 Å². The van der Waals surface area contributed by atoms with Gasteiger partial charge in [-0.2, -0.15) is 10.3 Å². The number of carbonyl (C=O) groups excluding carboxylic acids is 1. The van der Waals surface area contributed by atoms with Gasteiger partial charge in [-0.15, -0.1) is 5.53 Å². The molecule has 0 aliphatic carbocycles. The summed E-state index contributed by atoms with van der Waals surface area (Å²) in [4.78, 5) is 13.0. The summed E-state index contributed by atoms with van der Waals surface area (Å²) in [5.41, 5.74) is 9.82. The molecule has 0 aromatic heterocycles. The molecule has 5 nitrogen and oxygen atoms in total. The first-order valence-corrected chi connectivity index (χ1v) is 3.14. The van der Waals surface area contributed by atoms with Crippen LogP contribution >= 0.6 is 0 Å². The molecule has 0 aromatic rings. The Bertz CT molecular complexity index is 150. The summed E-state index contributed by atoms with van der Waals surface area (Å²) in [7, 11) is 0. The summed E-state index contributed by atoms with van der Waals surface area (Å²) in [6.07, 6.45) is 2.21. The molecule has 1 N–H and O–H groups in total. The average molecular weight is 142 g/mol. The van der Waals surface area contributed by atoms with Crippen molar-refractivity contribution in [1.29, 1.82) is 0 Å². The number of carbonyl (C=O) groups is 1. The smallest absolute Gasteiger partial charge is 0.247 e. The molecule has 1 amide bonds. The molecular weight excluding hydrogens is 132 g/mol. The van der Waals surface area contributed by atoms with Gasteiger partial charge in [0.25, 0.3) is 0 Å². The van der Waals surface area contributed by atoms with E-state index in [2.05, 4.69) is 10.1 Å². The zero-order valence-electron chi connectivity index (χ0n) is 5.87. The quantitative estimate of drug-likeness (QED) is 0.274. The Labute approximate surface area is 59.0 Å². The third kappa shape index (κ3) is 4.93. The summed E-state index contributed by atoms with van der Waals surface area (Å²) in [5.74, 6) is -0.223. The lowest BCUT2D eigenvalue weighted by molar-refractivity contribution is -0.121. The van der Waals surface area contributed by atoms with Gasteiger partial charge in [0, 0.05) is 6.42 Å². The van der Waals surface area contributed by atoms with E-state index >= 15 is 0 Å². The normalized spacial score (nSPS) is 8.10. The number of amides is 1. The zero-order valence-corrected chi connectivity index (χ0v) is 5.87. The molecule has 56 valence electrons. The van der Waals surface area contributed by atoms with E-state index in [-0.39, 0.29) is 5.91 Å². The minimum atomic E-state index is -0.223.